The molecule has 4 heteroatoms. The molecule has 4 nitrogen and oxygen atoms in total. The molecule has 2 aromatic carbocycles. The van der Waals surface area contributed by atoms with Gasteiger partial charge in [-0.3, -0.25) is 4.79 Å². The monoisotopic (exact) mass is 372 g/mol. The lowest BCUT2D eigenvalue weighted by atomic mass is 10.1. The number of ether oxygens (including phenoxy) is 2. The van der Waals surface area contributed by atoms with Gasteiger partial charge in [0.05, 0.1) is 12.2 Å². The van der Waals surface area contributed by atoms with Crippen molar-refractivity contribution in [2.24, 2.45) is 0 Å². The third-order valence-electron chi connectivity index (χ3n) is 4.54. The summed E-state index contributed by atoms with van der Waals surface area (Å²) in [5.74, 6) is 1.51. The number of allylic oxidation sites excluding steroid dienone is 1. The van der Waals surface area contributed by atoms with Crippen LogP contribution in [0.2, 0.25) is 0 Å². The molecule has 0 fully saturated rings. The van der Waals surface area contributed by atoms with Crippen LogP contribution in [0.4, 0.5) is 0 Å². The number of ketones is 1. The molecule has 4 rings (SSSR count). The van der Waals surface area contributed by atoms with E-state index in [4.69, 9.17) is 9.47 Å². The molecule has 1 aliphatic rings. The average Bonchev–Trinajstić information content (AvgIpc) is 3.03. The van der Waals surface area contributed by atoms with Crippen molar-refractivity contribution >= 4 is 11.9 Å². The van der Waals surface area contributed by atoms with Crippen molar-refractivity contribution in [3.63, 3.8) is 0 Å². The van der Waals surface area contributed by atoms with E-state index < -0.39 is 0 Å². The standard InChI is InChI=1S/C24H22NO3/c1-2-14-27-20-8-9-21-22(16-20)28-23(24(21)26)15-18-10-12-25(13-11-18)17-19-6-4-3-5-7-19/h3-13,15-16H,2,14,17H2,1H3/q+1/b23-15-. The summed E-state index contributed by atoms with van der Waals surface area (Å²) in [6.07, 6.45) is 6.72. The van der Waals surface area contributed by atoms with Crippen LogP contribution in [0.5, 0.6) is 11.5 Å². The van der Waals surface area contributed by atoms with Gasteiger partial charge in [0.25, 0.3) is 0 Å². The molecular weight excluding hydrogens is 350 g/mol. The molecule has 0 N–H and O–H groups in total. The van der Waals surface area contributed by atoms with Gasteiger partial charge >= 0.3 is 0 Å². The van der Waals surface area contributed by atoms with E-state index in [9.17, 15) is 4.79 Å². The smallest absolute Gasteiger partial charge is 0.231 e. The highest BCUT2D eigenvalue weighted by molar-refractivity contribution is 6.14. The normalized spacial score (nSPS) is 14.0. The number of pyridine rings is 1. The molecule has 1 aromatic heterocycles. The van der Waals surface area contributed by atoms with E-state index in [1.807, 2.05) is 48.8 Å². The minimum Gasteiger partial charge on any atom is -0.493 e. The molecule has 3 aromatic rings. The van der Waals surface area contributed by atoms with E-state index in [2.05, 4.69) is 23.6 Å². The molecule has 0 atom stereocenters. The first-order valence-corrected chi connectivity index (χ1v) is 9.47. The molecular formula is C24H22NO3+. The van der Waals surface area contributed by atoms with Crippen LogP contribution < -0.4 is 14.0 Å². The first kappa shape index (κ1) is 18.0. The Morgan fingerprint density at radius 1 is 1.04 bits per heavy atom. The fourth-order valence-electron chi connectivity index (χ4n) is 3.09. The van der Waals surface area contributed by atoms with Crippen LogP contribution >= 0.6 is 0 Å². The maximum atomic E-state index is 12.6. The highest BCUT2D eigenvalue weighted by atomic mass is 16.5. The Kier molecular flexibility index (Phi) is 5.20. The highest BCUT2D eigenvalue weighted by Crippen LogP contribution is 2.34. The van der Waals surface area contributed by atoms with Crippen molar-refractivity contribution in [2.45, 2.75) is 19.9 Å². The third kappa shape index (κ3) is 3.96. The average molecular weight is 372 g/mol. The Morgan fingerprint density at radius 2 is 1.82 bits per heavy atom. The zero-order valence-corrected chi connectivity index (χ0v) is 15.8. The van der Waals surface area contributed by atoms with Gasteiger partial charge in [0.2, 0.25) is 5.78 Å². The van der Waals surface area contributed by atoms with Crippen molar-refractivity contribution in [2.75, 3.05) is 6.61 Å². The maximum absolute atomic E-state index is 12.6. The van der Waals surface area contributed by atoms with E-state index >= 15 is 0 Å². The number of nitrogens with zero attached hydrogens (tertiary/aromatic N) is 1. The zero-order chi connectivity index (χ0) is 19.3. The number of carbonyl (C=O) groups excluding carboxylic acids is 1. The van der Waals surface area contributed by atoms with E-state index in [0.717, 1.165) is 24.3 Å². The molecule has 0 saturated heterocycles. The predicted molar refractivity (Wildman–Crippen MR) is 107 cm³/mol. The number of benzene rings is 2. The molecule has 2 heterocycles. The molecule has 0 radical (unpaired) electrons. The Hall–Kier alpha value is -3.40. The number of carbonyl (C=O) groups is 1. The largest absolute Gasteiger partial charge is 0.493 e. The summed E-state index contributed by atoms with van der Waals surface area (Å²) >= 11 is 0. The van der Waals surface area contributed by atoms with E-state index in [0.29, 0.717) is 23.7 Å². The highest BCUT2D eigenvalue weighted by Gasteiger charge is 2.27. The molecule has 0 amide bonds. The molecule has 0 bridgehead atoms. The Morgan fingerprint density at radius 3 is 2.57 bits per heavy atom. The minimum atomic E-state index is -0.0990. The summed E-state index contributed by atoms with van der Waals surface area (Å²) in [6, 6.07) is 19.6. The second kappa shape index (κ2) is 8.09. The lowest BCUT2D eigenvalue weighted by molar-refractivity contribution is -0.688. The number of rotatable bonds is 6. The SMILES string of the molecule is CCCOc1ccc2c(c1)O/C(=C\c1cc[n+](Cc3ccccc3)cc1)C2=O. The number of hydrogen-bond donors (Lipinski definition) is 0. The molecule has 0 aliphatic carbocycles. The Balaban J connectivity index is 1.49. The molecule has 28 heavy (non-hydrogen) atoms. The van der Waals surface area contributed by atoms with Crippen LogP contribution in [-0.2, 0) is 6.54 Å². The second-order valence-electron chi connectivity index (χ2n) is 6.74. The van der Waals surface area contributed by atoms with Crippen molar-refractivity contribution in [1.82, 2.24) is 0 Å². The quantitative estimate of drug-likeness (QED) is 0.475. The maximum Gasteiger partial charge on any atom is 0.231 e. The zero-order valence-electron chi connectivity index (χ0n) is 15.8. The number of fused-ring (bicyclic) bond motifs is 1. The minimum absolute atomic E-state index is 0.0990. The summed E-state index contributed by atoms with van der Waals surface area (Å²) in [4.78, 5) is 12.6. The van der Waals surface area contributed by atoms with Crippen LogP contribution in [0, 0.1) is 0 Å². The lowest BCUT2D eigenvalue weighted by Crippen LogP contribution is -2.33. The number of hydrogen-bond acceptors (Lipinski definition) is 3. The van der Waals surface area contributed by atoms with Crippen molar-refractivity contribution in [1.29, 1.82) is 0 Å². The van der Waals surface area contributed by atoms with Gasteiger partial charge in [0, 0.05) is 23.8 Å². The van der Waals surface area contributed by atoms with Crippen LogP contribution in [0.15, 0.2) is 78.8 Å². The van der Waals surface area contributed by atoms with Gasteiger partial charge in [-0.25, -0.2) is 4.57 Å². The van der Waals surface area contributed by atoms with Crippen molar-refractivity contribution in [3.8, 4) is 11.5 Å². The second-order valence-corrected chi connectivity index (χ2v) is 6.74. The van der Waals surface area contributed by atoms with Crippen LogP contribution in [-0.4, -0.2) is 12.4 Å². The summed E-state index contributed by atoms with van der Waals surface area (Å²) in [7, 11) is 0. The van der Waals surface area contributed by atoms with Gasteiger partial charge < -0.3 is 9.47 Å². The van der Waals surface area contributed by atoms with Crippen LogP contribution in [0.3, 0.4) is 0 Å². The first-order valence-electron chi connectivity index (χ1n) is 9.47. The van der Waals surface area contributed by atoms with E-state index in [1.165, 1.54) is 5.56 Å². The van der Waals surface area contributed by atoms with Crippen LogP contribution in [0.1, 0.15) is 34.8 Å². The van der Waals surface area contributed by atoms with Gasteiger partial charge in [-0.1, -0.05) is 37.3 Å². The van der Waals surface area contributed by atoms with E-state index in [-0.39, 0.29) is 5.78 Å². The van der Waals surface area contributed by atoms with Gasteiger partial charge in [-0.05, 0) is 30.2 Å². The van der Waals surface area contributed by atoms with Crippen molar-refractivity contribution in [3.05, 3.63) is 95.5 Å². The van der Waals surface area contributed by atoms with Gasteiger partial charge in [0.15, 0.2) is 24.7 Å². The summed E-state index contributed by atoms with van der Waals surface area (Å²) in [5.41, 5.74) is 2.73. The van der Waals surface area contributed by atoms with Gasteiger partial charge in [0.1, 0.15) is 11.5 Å². The number of Topliss-reactive ketones (excluding diaryl/α,β-unsaturated/α-hetero) is 1. The Bertz CT molecular complexity index is 1010. The van der Waals surface area contributed by atoms with Crippen LogP contribution in [0.25, 0.3) is 6.08 Å². The Labute approximate surface area is 164 Å². The lowest BCUT2D eigenvalue weighted by Gasteiger charge is -2.05. The summed E-state index contributed by atoms with van der Waals surface area (Å²) in [5, 5.41) is 0. The summed E-state index contributed by atoms with van der Waals surface area (Å²) in [6.45, 7) is 3.50. The molecule has 0 spiro atoms. The third-order valence-corrected chi connectivity index (χ3v) is 4.54. The van der Waals surface area contributed by atoms with Gasteiger partial charge in [-0.15, -0.1) is 0 Å². The molecule has 140 valence electrons. The van der Waals surface area contributed by atoms with E-state index in [1.54, 1.807) is 18.2 Å². The van der Waals surface area contributed by atoms with Gasteiger partial charge in [-0.2, -0.15) is 0 Å². The van der Waals surface area contributed by atoms with Crippen molar-refractivity contribution < 1.29 is 18.8 Å². The molecule has 0 saturated carbocycles. The fourth-order valence-corrected chi connectivity index (χ4v) is 3.09. The molecule has 0 unspecified atom stereocenters. The topological polar surface area (TPSA) is 39.4 Å². The molecule has 1 aliphatic heterocycles. The number of aromatic nitrogens is 1. The fraction of sp³-hybridized carbons (Fsp3) is 0.167. The first-order chi connectivity index (χ1) is 13.7. The summed E-state index contributed by atoms with van der Waals surface area (Å²) < 4.78 is 13.5. The predicted octanol–water partition coefficient (Wildman–Crippen LogP) is 4.43.